The third-order valence-electron chi connectivity index (χ3n) is 4.65. The van der Waals surface area contributed by atoms with E-state index in [1.807, 2.05) is 4.90 Å². The number of amides is 1. The van der Waals surface area contributed by atoms with E-state index >= 15 is 0 Å². The molecule has 5 nitrogen and oxygen atoms in total. The number of aromatic hydroxyl groups is 1. The number of nitrogens with zero attached hydrogens (tertiary/aromatic N) is 1. The lowest BCUT2D eigenvalue weighted by Crippen LogP contribution is -2.54. The third kappa shape index (κ3) is 3.58. The summed E-state index contributed by atoms with van der Waals surface area (Å²) in [6, 6.07) is 2.92. The van der Waals surface area contributed by atoms with Crippen LogP contribution in [0.3, 0.4) is 0 Å². The number of piperazine rings is 1. The number of halogens is 2. The number of nitrogens with one attached hydrogen (secondary N) is 2. The van der Waals surface area contributed by atoms with Crippen molar-refractivity contribution in [3.05, 3.63) is 27.7 Å². The Morgan fingerprint density at radius 1 is 1.22 bits per heavy atom. The molecule has 0 aromatic heterocycles. The summed E-state index contributed by atoms with van der Waals surface area (Å²) in [7, 11) is 0. The maximum absolute atomic E-state index is 12.7. The van der Waals surface area contributed by atoms with Gasteiger partial charge in [0.25, 0.3) is 0 Å². The summed E-state index contributed by atoms with van der Waals surface area (Å²) in [6.07, 6.45) is 1.44. The summed E-state index contributed by atoms with van der Waals surface area (Å²) in [6.45, 7) is 3.87. The highest BCUT2D eigenvalue weighted by Crippen LogP contribution is 2.41. The fourth-order valence-corrected chi connectivity index (χ4v) is 3.90. The highest BCUT2D eigenvalue weighted by molar-refractivity contribution is 6.42. The van der Waals surface area contributed by atoms with Crippen LogP contribution >= 0.6 is 23.2 Å². The SMILES string of the molecule is O=C(C1CC(c2c(O)ccc(Cl)c2Cl)CCN1)N1CCNCC1. The van der Waals surface area contributed by atoms with Crippen LogP contribution in [0.1, 0.15) is 24.3 Å². The van der Waals surface area contributed by atoms with Crippen LogP contribution in [0.25, 0.3) is 0 Å². The van der Waals surface area contributed by atoms with Crippen LogP contribution in [0.15, 0.2) is 12.1 Å². The second kappa shape index (κ2) is 7.26. The predicted octanol–water partition coefficient (Wildman–Crippen LogP) is 1.97. The highest BCUT2D eigenvalue weighted by Gasteiger charge is 2.33. The van der Waals surface area contributed by atoms with Crippen LogP contribution in [0.5, 0.6) is 5.75 Å². The Morgan fingerprint density at radius 3 is 2.70 bits per heavy atom. The molecular weight excluding hydrogens is 337 g/mol. The zero-order valence-corrected chi connectivity index (χ0v) is 14.3. The molecule has 2 fully saturated rings. The smallest absolute Gasteiger partial charge is 0.239 e. The Balaban J connectivity index is 1.76. The number of benzene rings is 1. The molecule has 1 amide bonds. The second-order valence-electron chi connectivity index (χ2n) is 6.10. The standard InChI is InChI=1S/C16H21Cl2N3O2/c17-11-1-2-13(22)14(15(11)18)10-3-4-20-12(9-10)16(23)21-7-5-19-6-8-21/h1-2,10,12,19-20,22H,3-9H2. The topological polar surface area (TPSA) is 64.6 Å². The van der Waals surface area contributed by atoms with E-state index in [-0.39, 0.29) is 23.6 Å². The largest absolute Gasteiger partial charge is 0.508 e. The van der Waals surface area contributed by atoms with Crippen molar-refractivity contribution in [2.75, 3.05) is 32.7 Å². The predicted molar refractivity (Wildman–Crippen MR) is 91.3 cm³/mol. The molecule has 3 N–H and O–H groups in total. The van der Waals surface area contributed by atoms with E-state index < -0.39 is 0 Å². The summed E-state index contributed by atoms with van der Waals surface area (Å²) in [5, 5.41) is 17.6. The number of piperidine rings is 1. The first-order valence-corrected chi connectivity index (χ1v) is 8.73. The fraction of sp³-hybridized carbons (Fsp3) is 0.562. The van der Waals surface area contributed by atoms with Crippen molar-refractivity contribution in [3.8, 4) is 5.75 Å². The zero-order chi connectivity index (χ0) is 16.4. The fourth-order valence-electron chi connectivity index (χ4n) is 3.42. The first kappa shape index (κ1) is 16.8. The number of hydrogen-bond acceptors (Lipinski definition) is 4. The lowest BCUT2D eigenvalue weighted by molar-refractivity contribution is -0.134. The normalized spacial score (nSPS) is 25.4. The zero-order valence-electron chi connectivity index (χ0n) is 12.8. The number of rotatable bonds is 2. The first-order chi connectivity index (χ1) is 11.1. The van der Waals surface area contributed by atoms with Crippen molar-refractivity contribution in [2.45, 2.75) is 24.8 Å². The molecule has 2 aliphatic heterocycles. The molecule has 0 aliphatic carbocycles. The lowest BCUT2D eigenvalue weighted by Gasteiger charge is -2.35. The van der Waals surface area contributed by atoms with Gasteiger partial charge in [0.15, 0.2) is 0 Å². The molecule has 0 saturated carbocycles. The summed E-state index contributed by atoms with van der Waals surface area (Å²) >= 11 is 12.4. The van der Waals surface area contributed by atoms with E-state index in [0.717, 1.165) is 39.1 Å². The molecule has 0 spiro atoms. The molecule has 0 radical (unpaired) electrons. The van der Waals surface area contributed by atoms with Crippen LogP contribution < -0.4 is 10.6 Å². The van der Waals surface area contributed by atoms with Crippen molar-refractivity contribution in [1.82, 2.24) is 15.5 Å². The first-order valence-electron chi connectivity index (χ1n) is 7.97. The van der Waals surface area contributed by atoms with E-state index in [1.54, 1.807) is 12.1 Å². The average Bonchev–Trinajstić information content (AvgIpc) is 2.59. The van der Waals surface area contributed by atoms with Gasteiger partial charge in [0.1, 0.15) is 5.75 Å². The van der Waals surface area contributed by atoms with E-state index in [9.17, 15) is 9.90 Å². The Labute approximate surface area is 145 Å². The molecule has 23 heavy (non-hydrogen) atoms. The number of carbonyl (C=O) groups is 1. The number of phenolic OH excluding ortho intramolecular Hbond substituents is 1. The van der Waals surface area contributed by atoms with Gasteiger partial charge in [-0.1, -0.05) is 23.2 Å². The number of phenols is 1. The summed E-state index contributed by atoms with van der Waals surface area (Å²) < 4.78 is 0. The Morgan fingerprint density at radius 2 is 1.96 bits per heavy atom. The van der Waals surface area contributed by atoms with E-state index in [1.165, 1.54) is 0 Å². The van der Waals surface area contributed by atoms with Crippen LogP contribution in [0.4, 0.5) is 0 Å². The van der Waals surface area contributed by atoms with Gasteiger partial charge in [0, 0.05) is 31.7 Å². The molecule has 2 unspecified atom stereocenters. The van der Waals surface area contributed by atoms with E-state index in [4.69, 9.17) is 23.2 Å². The molecule has 2 saturated heterocycles. The van der Waals surface area contributed by atoms with Gasteiger partial charge >= 0.3 is 0 Å². The molecule has 2 atom stereocenters. The summed E-state index contributed by atoms with van der Waals surface area (Å²) in [5.41, 5.74) is 0.666. The molecular formula is C16H21Cl2N3O2. The molecule has 1 aromatic rings. The van der Waals surface area contributed by atoms with Crippen molar-refractivity contribution in [1.29, 1.82) is 0 Å². The Kier molecular flexibility index (Phi) is 5.31. The van der Waals surface area contributed by atoms with Crippen LogP contribution in [0, 0.1) is 0 Å². The summed E-state index contributed by atoms with van der Waals surface area (Å²) in [4.78, 5) is 14.6. The van der Waals surface area contributed by atoms with Crippen molar-refractivity contribution in [2.24, 2.45) is 0 Å². The monoisotopic (exact) mass is 357 g/mol. The minimum Gasteiger partial charge on any atom is -0.508 e. The maximum Gasteiger partial charge on any atom is 0.239 e. The van der Waals surface area contributed by atoms with E-state index in [2.05, 4.69) is 10.6 Å². The maximum atomic E-state index is 12.7. The quantitative estimate of drug-likeness (QED) is 0.756. The molecule has 3 rings (SSSR count). The van der Waals surface area contributed by atoms with Gasteiger partial charge < -0.3 is 20.6 Å². The molecule has 7 heteroatoms. The Bertz CT molecular complexity index is 591. The average molecular weight is 358 g/mol. The van der Waals surface area contributed by atoms with Gasteiger partial charge in [-0.15, -0.1) is 0 Å². The van der Waals surface area contributed by atoms with Gasteiger partial charge in [0.2, 0.25) is 5.91 Å². The van der Waals surface area contributed by atoms with Crippen LogP contribution in [-0.2, 0) is 4.79 Å². The summed E-state index contributed by atoms with van der Waals surface area (Å²) in [5.74, 6) is 0.313. The molecule has 0 bridgehead atoms. The van der Waals surface area contributed by atoms with Gasteiger partial charge in [-0.3, -0.25) is 4.79 Å². The minimum absolute atomic E-state index is 0.0271. The van der Waals surface area contributed by atoms with Gasteiger partial charge in [-0.25, -0.2) is 0 Å². The second-order valence-corrected chi connectivity index (χ2v) is 6.88. The van der Waals surface area contributed by atoms with Crippen LogP contribution in [-0.4, -0.2) is 54.7 Å². The van der Waals surface area contributed by atoms with Gasteiger partial charge in [-0.2, -0.15) is 0 Å². The van der Waals surface area contributed by atoms with E-state index in [0.29, 0.717) is 22.0 Å². The third-order valence-corrected chi connectivity index (χ3v) is 5.47. The molecule has 2 heterocycles. The minimum atomic E-state index is -0.235. The number of hydrogen-bond donors (Lipinski definition) is 3. The lowest BCUT2D eigenvalue weighted by atomic mass is 9.85. The number of carbonyl (C=O) groups excluding carboxylic acids is 1. The molecule has 126 valence electrons. The van der Waals surface area contributed by atoms with Gasteiger partial charge in [-0.05, 0) is 37.4 Å². The van der Waals surface area contributed by atoms with Crippen LogP contribution in [0.2, 0.25) is 10.0 Å². The molecule has 2 aliphatic rings. The Hall–Kier alpha value is -1.01. The molecule has 1 aromatic carbocycles. The van der Waals surface area contributed by atoms with Crippen molar-refractivity contribution in [3.63, 3.8) is 0 Å². The van der Waals surface area contributed by atoms with Gasteiger partial charge in [0.05, 0.1) is 16.1 Å². The van der Waals surface area contributed by atoms with Crippen molar-refractivity contribution >= 4 is 29.1 Å². The highest BCUT2D eigenvalue weighted by atomic mass is 35.5. The van der Waals surface area contributed by atoms with Crippen molar-refractivity contribution < 1.29 is 9.90 Å².